The van der Waals surface area contributed by atoms with E-state index in [9.17, 15) is 5.11 Å². The molecule has 0 aliphatic heterocycles. The first-order valence-corrected chi connectivity index (χ1v) is 5.37. The molecule has 0 aliphatic rings. The molecule has 0 bridgehead atoms. The van der Waals surface area contributed by atoms with Gasteiger partial charge in [0.2, 0.25) is 5.89 Å². The minimum Gasteiger partial charge on any atom is -0.441 e. The van der Waals surface area contributed by atoms with E-state index in [0.29, 0.717) is 22.4 Å². The van der Waals surface area contributed by atoms with Gasteiger partial charge >= 0.3 is 0 Å². The third-order valence-corrected chi connectivity index (χ3v) is 2.66. The van der Waals surface area contributed by atoms with E-state index in [2.05, 4.69) is 4.98 Å². The molecule has 84 valence electrons. The van der Waals surface area contributed by atoms with Crippen LogP contribution in [0.5, 0.6) is 0 Å². The maximum absolute atomic E-state index is 9.48. The lowest BCUT2D eigenvalue weighted by Gasteiger charge is -1.98. The lowest BCUT2D eigenvalue weighted by atomic mass is 10.2. The van der Waals surface area contributed by atoms with Crippen molar-refractivity contribution in [1.29, 1.82) is 0 Å². The van der Waals surface area contributed by atoms with Crippen LogP contribution in [-0.4, -0.2) is 10.1 Å². The molecule has 1 heterocycles. The van der Waals surface area contributed by atoms with Crippen molar-refractivity contribution in [3.8, 4) is 11.5 Å². The van der Waals surface area contributed by atoms with Crippen LogP contribution < -0.4 is 0 Å². The Labute approximate surface area is 98.7 Å². The van der Waals surface area contributed by atoms with Crippen molar-refractivity contribution < 1.29 is 9.52 Å². The Balaban J connectivity index is 2.50. The Kier molecular flexibility index (Phi) is 2.99. The Bertz CT molecular complexity index is 505. The summed E-state index contributed by atoms with van der Waals surface area (Å²) in [6, 6.07) is 7.32. The van der Waals surface area contributed by atoms with Crippen LogP contribution in [0.15, 0.2) is 28.7 Å². The van der Waals surface area contributed by atoms with E-state index in [-0.39, 0.29) is 0 Å². The summed E-state index contributed by atoms with van der Waals surface area (Å²) in [6.07, 6.45) is -0.639. The van der Waals surface area contributed by atoms with Gasteiger partial charge in [0.15, 0.2) is 0 Å². The van der Waals surface area contributed by atoms with Gasteiger partial charge in [-0.1, -0.05) is 23.7 Å². The van der Waals surface area contributed by atoms with Crippen LogP contribution in [-0.2, 0) is 0 Å². The zero-order chi connectivity index (χ0) is 11.7. The SMILES string of the molecule is Cc1oc(-c2ccccc2Cl)nc1C(C)O. The maximum Gasteiger partial charge on any atom is 0.228 e. The second kappa shape index (κ2) is 4.28. The molecule has 16 heavy (non-hydrogen) atoms. The van der Waals surface area contributed by atoms with Gasteiger partial charge in [0.05, 0.1) is 16.7 Å². The molecule has 2 aromatic rings. The Morgan fingerprint density at radius 3 is 2.62 bits per heavy atom. The highest BCUT2D eigenvalue weighted by Crippen LogP contribution is 2.29. The van der Waals surface area contributed by atoms with Gasteiger partial charge in [0.25, 0.3) is 0 Å². The second-order valence-corrected chi connectivity index (χ2v) is 4.02. The third kappa shape index (κ3) is 1.96. The molecule has 0 radical (unpaired) electrons. The predicted octanol–water partition coefficient (Wildman–Crippen LogP) is 3.36. The van der Waals surface area contributed by atoms with Crippen LogP contribution in [0.25, 0.3) is 11.5 Å². The van der Waals surface area contributed by atoms with Crippen molar-refractivity contribution in [2.45, 2.75) is 20.0 Å². The van der Waals surface area contributed by atoms with Gasteiger partial charge < -0.3 is 9.52 Å². The van der Waals surface area contributed by atoms with E-state index in [1.165, 1.54) is 0 Å². The van der Waals surface area contributed by atoms with E-state index < -0.39 is 6.10 Å². The molecule has 1 N–H and O–H groups in total. The number of aromatic nitrogens is 1. The molecule has 2 rings (SSSR count). The molecule has 1 aromatic heterocycles. The van der Waals surface area contributed by atoms with E-state index in [0.717, 1.165) is 5.56 Å². The zero-order valence-electron chi connectivity index (χ0n) is 9.07. The molecule has 0 amide bonds. The minimum atomic E-state index is -0.639. The molecular weight excluding hydrogens is 226 g/mol. The van der Waals surface area contributed by atoms with Gasteiger partial charge in [0.1, 0.15) is 11.5 Å². The van der Waals surface area contributed by atoms with E-state index in [1.807, 2.05) is 18.2 Å². The van der Waals surface area contributed by atoms with Crippen LogP contribution >= 0.6 is 11.6 Å². The normalized spacial score (nSPS) is 12.8. The standard InChI is InChI=1S/C12H12ClNO2/c1-7(15)11-8(2)16-12(14-11)9-5-3-4-6-10(9)13/h3-7,15H,1-2H3. The Hall–Kier alpha value is -1.32. The van der Waals surface area contributed by atoms with Gasteiger partial charge in [-0.05, 0) is 26.0 Å². The lowest BCUT2D eigenvalue weighted by Crippen LogP contribution is -1.93. The van der Waals surface area contributed by atoms with Gasteiger partial charge in [-0.15, -0.1) is 0 Å². The summed E-state index contributed by atoms with van der Waals surface area (Å²) >= 11 is 6.04. The van der Waals surface area contributed by atoms with E-state index >= 15 is 0 Å². The number of aliphatic hydroxyl groups is 1. The van der Waals surface area contributed by atoms with Crippen molar-refractivity contribution >= 4 is 11.6 Å². The average Bonchev–Trinajstić information content (AvgIpc) is 2.61. The minimum absolute atomic E-state index is 0.444. The topological polar surface area (TPSA) is 46.3 Å². The molecule has 4 heteroatoms. The largest absolute Gasteiger partial charge is 0.441 e. The number of hydrogen-bond donors (Lipinski definition) is 1. The number of hydrogen-bond acceptors (Lipinski definition) is 3. The number of benzene rings is 1. The molecule has 3 nitrogen and oxygen atoms in total. The molecule has 0 saturated heterocycles. The second-order valence-electron chi connectivity index (χ2n) is 3.62. The quantitative estimate of drug-likeness (QED) is 0.871. The summed E-state index contributed by atoms with van der Waals surface area (Å²) in [4.78, 5) is 4.24. The summed E-state index contributed by atoms with van der Waals surface area (Å²) in [5.41, 5.74) is 1.29. The monoisotopic (exact) mass is 237 g/mol. The zero-order valence-corrected chi connectivity index (χ0v) is 9.82. The summed E-state index contributed by atoms with van der Waals surface area (Å²) in [5, 5.41) is 10.1. The number of halogens is 1. The fourth-order valence-corrected chi connectivity index (χ4v) is 1.76. The molecule has 1 unspecified atom stereocenters. The van der Waals surface area contributed by atoms with Crippen molar-refractivity contribution in [3.63, 3.8) is 0 Å². The molecule has 0 fully saturated rings. The smallest absolute Gasteiger partial charge is 0.228 e. The summed E-state index contributed by atoms with van der Waals surface area (Å²) < 4.78 is 5.49. The number of nitrogens with zero attached hydrogens (tertiary/aromatic N) is 1. The summed E-state index contributed by atoms with van der Waals surface area (Å²) in [6.45, 7) is 3.43. The molecule has 0 aliphatic carbocycles. The van der Waals surface area contributed by atoms with Crippen molar-refractivity contribution in [1.82, 2.24) is 4.98 Å². The first-order chi connectivity index (χ1) is 7.59. The van der Waals surface area contributed by atoms with Crippen LogP contribution in [0.1, 0.15) is 24.5 Å². The lowest BCUT2D eigenvalue weighted by molar-refractivity contribution is 0.193. The maximum atomic E-state index is 9.48. The predicted molar refractivity (Wildman–Crippen MR) is 62.3 cm³/mol. The molecule has 1 atom stereocenters. The van der Waals surface area contributed by atoms with Crippen molar-refractivity contribution in [2.24, 2.45) is 0 Å². The number of oxazole rings is 1. The van der Waals surface area contributed by atoms with Gasteiger partial charge in [0, 0.05) is 0 Å². The van der Waals surface area contributed by atoms with Gasteiger partial charge in [-0.2, -0.15) is 0 Å². The fourth-order valence-electron chi connectivity index (χ4n) is 1.55. The number of aliphatic hydroxyl groups excluding tert-OH is 1. The third-order valence-electron chi connectivity index (χ3n) is 2.33. The van der Waals surface area contributed by atoms with Crippen LogP contribution in [0.2, 0.25) is 5.02 Å². The average molecular weight is 238 g/mol. The van der Waals surface area contributed by atoms with Gasteiger partial charge in [-0.25, -0.2) is 4.98 Å². The van der Waals surface area contributed by atoms with Crippen LogP contribution in [0, 0.1) is 6.92 Å². The molecule has 1 aromatic carbocycles. The first kappa shape index (κ1) is 11.2. The molecule has 0 saturated carbocycles. The Morgan fingerprint density at radius 1 is 1.38 bits per heavy atom. The van der Waals surface area contributed by atoms with Crippen molar-refractivity contribution in [3.05, 3.63) is 40.7 Å². The highest BCUT2D eigenvalue weighted by atomic mass is 35.5. The number of rotatable bonds is 2. The highest BCUT2D eigenvalue weighted by molar-refractivity contribution is 6.33. The highest BCUT2D eigenvalue weighted by Gasteiger charge is 2.16. The summed E-state index contributed by atoms with van der Waals surface area (Å²) in [5.74, 6) is 1.06. The fraction of sp³-hybridized carbons (Fsp3) is 0.250. The first-order valence-electron chi connectivity index (χ1n) is 5.00. The Morgan fingerprint density at radius 2 is 2.06 bits per heavy atom. The number of aryl methyl sites for hydroxylation is 1. The molecular formula is C12H12ClNO2. The van der Waals surface area contributed by atoms with Gasteiger partial charge in [-0.3, -0.25) is 0 Å². The molecule has 0 spiro atoms. The summed E-state index contributed by atoms with van der Waals surface area (Å²) in [7, 11) is 0. The van der Waals surface area contributed by atoms with E-state index in [1.54, 1.807) is 19.9 Å². The van der Waals surface area contributed by atoms with E-state index in [4.69, 9.17) is 16.0 Å². The van der Waals surface area contributed by atoms with Crippen LogP contribution in [0.3, 0.4) is 0 Å². The van der Waals surface area contributed by atoms with Crippen molar-refractivity contribution in [2.75, 3.05) is 0 Å². The van der Waals surface area contributed by atoms with Crippen LogP contribution in [0.4, 0.5) is 0 Å².